The van der Waals surface area contributed by atoms with Crippen molar-refractivity contribution in [2.24, 2.45) is 5.92 Å². The molecule has 2 aromatic carbocycles. The van der Waals surface area contributed by atoms with E-state index in [1.54, 1.807) is 0 Å². The molecule has 0 N–H and O–H groups in total. The van der Waals surface area contributed by atoms with Crippen molar-refractivity contribution in [2.45, 2.75) is 45.6 Å². The van der Waals surface area contributed by atoms with Crippen molar-refractivity contribution in [3.05, 3.63) is 77.9 Å². The van der Waals surface area contributed by atoms with E-state index in [0.717, 1.165) is 36.0 Å². The van der Waals surface area contributed by atoms with Gasteiger partial charge in [-0.05, 0) is 35.5 Å². The molecule has 0 radical (unpaired) electrons. The smallest absolute Gasteiger partial charge is 0.331 e. The molecule has 0 bridgehead atoms. The fourth-order valence-corrected chi connectivity index (χ4v) is 2.94. The zero-order chi connectivity index (χ0) is 19.5. The molecule has 0 fully saturated rings. The number of esters is 1. The number of ether oxygens (including phenoxy) is 1. The highest BCUT2D eigenvalue weighted by atomic mass is 16.5. The highest BCUT2D eigenvalue weighted by Crippen LogP contribution is 2.23. The Balaban J connectivity index is 2.17. The van der Waals surface area contributed by atoms with E-state index in [-0.39, 0.29) is 12.5 Å². The van der Waals surface area contributed by atoms with Gasteiger partial charge in [0.05, 0.1) is 12.5 Å². The number of carbonyl (C=O) groups excluding carboxylic acids is 1. The lowest BCUT2D eigenvalue weighted by Gasteiger charge is -2.15. The van der Waals surface area contributed by atoms with Gasteiger partial charge in [0, 0.05) is 6.08 Å². The molecule has 0 aliphatic rings. The average molecular weight is 361 g/mol. The van der Waals surface area contributed by atoms with Crippen molar-refractivity contribution in [3.63, 3.8) is 0 Å². The van der Waals surface area contributed by atoms with Crippen LogP contribution in [0.25, 0.3) is 5.57 Å². The normalized spacial score (nSPS) is 11.5. The molecule has 1 unspecified atom stereocenters. The Bertz CT molecular complexity index is 732. The van der Waals surface area contributed by atoms with Crippen LogP contribution in [0, 0.1) is 17.2 Å². The highest BCUT2D eigenvalue weighted by Gasteiger charge is 2.15. The topological polar surface area (TPSA) is 50.1 Å². The molecule has 0 saturated carbocycles. The molecule has 0 amide bonds. The van der Waals surface area contributed by atoms with E-state index in [1.807, 2.05) is 60.7 Å². The summed E-state index contributed by atoms with van der Waals surface area (Å²) in [5.74, 6) is 0.202. The van der Waals surface area contributed by atoms with Crippen LogP contribution in [0.4, 0.5) is 0 Å². The summed E-state index contributed by atoms with van der Waals surface area (Å²) in [5.41, 5.74) is 2.73. The van der Waals surface area contributed by atoms with E-state index in [9.17, 15) is 4.79 Å². The van der Waals surface area contributed by atoms with Crippen molar-refractivity contribution < 1.29 is 9.53 Å². The van der Waals surface area contributed by atoms with Crippen molar-refractivity contribution in [1.29, 1.82) is 5.26 Å². The molecule has 2 rings (SSSR count). The molecule has 0 heterocycles. The molecule has 27 heavy (non-hydrogen) atoms. The maximum Gasteiger partial charge on any atom is 0.331 e. The number of benzene rings is 2. The van der Waals surface area contributed by atoms with Crippen LogP contribution in [-0.4, -0.2) is 12.1 Å². The van der Waals surface area contributed by atoms with Gasteiger partial charge in [-0.2, -0.15) is 5.26 Å². The lowest BCUT2D eigenvalue weighted by Crippen LogP contribution is -2.17. The van der Waals surface area contributed by atoms with Crippen molar-refractivity contribution >= 4 is 11.5 Å². The van der Waals surface area contributed by atoms with Crippen LogP contribution in [0.3, 0.4) is 0 Å². The van der Waals surface area contributed by atoms with Gasteiger partial charge in [0.2, 0.25) is 0 Å². The third kappa shape index (κ3) is 7.11. The van der Waals surface area contributed by atoms with Gasteiger partial charge < -0.3 is 4.74 Å². The molecular formula is C24H27NO2. The van der Waals surface area contributed by atoms with Gasteiger partial charge >= 0.3 is 5.97 Å². The predicted molar refractivity (Wildman–Crippen MR) is 109 cm³/mol. The Labute approximate surface area is 162 Å². The summed E-state index contributed by atoms with van der Waals surface area (Å²) in [4.78, 5) is 12.6. The van der Waals surface area contributed by atoms with Crippen molar-refractivity contribution in [3.8, 4) is 6.07 Å². The number of rotatable bonds is 9. The van der Waals surface area contributed by atoms with E-state index >= 15 is 0 Å². The molecule has 0 spiro atoms. The molecule has 3 nitrogen and oxygen atoms in total. The van der Waals surface area contributed by atoms with Crippen molar-refractivity contribution in [2.75, 3.05) is 0 Å². The van der Waals surface area contributed by atoms with Crippen LogP contribution in [0.15, 0.2) is 66.7 Å². The Kier molecular flexibility index (Phi) is 8.32. The maximum absolute atomic E-state index is 12.6. The predicted octanol–water partition coefficient (Wildman–Crippen LogP) is 5.77. The first-order chi connectivity index (χ1) is 13.1. The molecule has 0 saturated heterocycles. The summed E-state index contributed by atoms with van der Waals surface area (Å²) >= 11 is 0. The summed E-state index contributed by atoms with van der Waals surface area (Å²) in [6.45, 7) is 4.33. The number of carbonyl (C=O) groups is 1. The minimum atomic E-state index is -0.400. The zero-order valence-electron chi connectivity index (χ0n) is 16.1. The number of nitrogens with zero attached hydrogens (tertiary/aromatic N) is 1. The second-order valence-electron chi connectivity index (χ2n) is 7.04. The van der Waals surface area contributed by atoms with E-state index in [0.29, 0.717) is 5.92 Å². The third-order valence-electron chi connectivity index (χ3n) is 4.34. The highest BCUT2D eigenvalue weighted by molar-refractivity contribution is 5.96. The van der Waals surface area contributed by atoms with Crippen LogP contribution < -0.4 is 0 Å². The SMILES string of the molecule is CC(C)CCCC(CC#N)OC(=O)C=C(c1ccccc1)c1ccccc1. The Morgan fingerprint density at radius 2 is 1.56 bits per heavy atom. The quantitative estimate of drug-likeness (QED) is 0.421. The lowest BCUT2D eigenvalue weighted by molar-refractivity contribution is -0.143. The fraction of sp³-hybridized carbons (Fsp3) is 0.333. The van der Waals surface area contributed by atoms with Crippen LogP contribution in [-0.2, 0) is 9.53 Å². The van der Waals surface area contributed by atoms with Gasteiger partial charge in [-0.3, -0.25) is 0 Å². The van der Waals surface area contributed by atoms with E-state index in [4.69, 9.17) is 10.00 Å². The van der Waals surface area contributed by atoms with Crippen LogP contribution in [0.1, 0.15) is 50.7 Å². The number of hydrogen-bond donors (Lipinski definition) is 0. The average Bonchev–Trinajstić information content (AvgIpc) is 2.67. The molecule has 0 aliphatic carbocycles. The van der Waals surface area contributed by atoms with Gasteiger partial charge in [0.1, 0.15) is 6.10 Å². The molecular weight excluding hydrogens is 334 g/mol. The van der Waals surface area contributed by atoms with Crippen LogP contribution >= 0.6 is 0 Å². The summed E-state index contributed by atoms with van der Waals surface area (Å²) < 4.78 is 5.61. The van der Waals surface area contributed by atoms with Crippen LogP contribution in [0.5, 0.6) is 0 Å². The first kappa shape index (κ1) is 20.5. The van der Waals surface area contributed by atoms with E-state index in [2.05, 4.69) is 19.9 Å². The minimum Gasteiger partial charge on any atom is -0.458 e. The number of hydrogen-bond acceptors (Lipinski definition) is 3. The van der Waals surface area contributed by atoms with Gasteiger partial charge in [0.25, 0.3) is 0 Å². The second kappa shape index (κ2) is 11.0. The van der Waals surface area contributed by atoms with Gasteiger partial charge in [-0.1, -0.05) is 80.9 Å². The van der Waals surface area contributed by atoms with E-state index in [1.165, 1.54) is 6.08 Å². The first-order valence-electron chi connectivity index (χ1n) is 9.50. The molecule has 2 aromatic rings. The van der Waals surface area contributed by atoms with Gasteiger partial charge in [0.15, 0.2) is 0 Å². The molecule has 0 aliphatic heterocycles. The summed E-state index contributed by atoms with van der Waals surface area (Å²) in [6.07, 6.45) is 4.14. The largest absolute Gasteiger partial charge is 0.458 e. The molecule has 1 atom stereocenters. The maximum atomic E-state index is 12.6. The molecule has 140 valence electrons. The fourth-order valence-electron chi connectivity index (χ4n) is 2.94. The molecule has 0 aromatic heterocycles. The molecule has 3 heteroatoms. The van der Waals surface area contributed by atoms with Gasteiger partial charge in [-0.25, -0.2) is 4.79 Å². The van der Waals surface area contributed by atoms with E-state index < -0.39 is 5.97 Å². The Morgan fingerprint density at radius 1 is 1.00 bits per heavy atom. The monoisotopic (exact) mass is 361 g/mol. The lowest BCUT2D eigenvalue weighted by atomic mass is 9.97. The van der Waals surface area contributed by atoms with Crippen LogP contribution in [0.2, 0.25) is 0 Å². The summed E-state index contributed by atoms with van der Waals surface area (Å²) in [7, 11) is 0. The zero-order valence-corrected chi connectivity index (χ0v) is 16.1. The Morgan fingerprint density at radius 3 is 2.04 bits per heavy atom. The standard InChI is InChI=1S/C24H27NO2/c1-19(2)10-9-15-22(16-17-25)27-24(26)18-23(20-11-5-3-6-12-20)21-13-7-4-8-14-21/h3-8,11-14,18-19,22H,9-10,15-16H2,1-2H3. The Hall–Kier alpha value is -2.86. The first-order valence-corrected chi connectivity index (χ1v) is 9.50. The summed E-state index contributed by atoms with van der Waals surface area (Å²) in [5, 5.41) is 9.04. The number of nitriles is 1. The minimum absolute atomic E-state index is 0.226. The third-order valence-corrected chi connectivity index (χ3v) is 4.34. The van der Waals surface area contributed by atoms with Crippen molar-refractivity contribution in [1.82, 2.24) is 0 Å². The second-order valence-corrected chi connectivity index (χ2v) is 7.04. The summed E-state index contributed by atoms with van der Waals surface area (Å²) in [6, 6.07) is 21.7. The van der Waals surface area contributed by atoms with Gasteiger partial charge in [-0.15, -0.1) is 0 Å².